The summed E-state index contributed by atoms with van der Waals surface area (Å²) in [6, 6.07) is 0. The second kappa shape index (κ2) is 7.49. The van der Waals surface area contributed by atoms with Gasteiger partial charge in [0.25, 0.3) is 0 Å². The van der Waals surface area contributed by atoms with Crippen LogP contribution in [-0.4, -0.2) is 47.3 Å². The van der Waals surface area contributed by atoms with Gasteiger partial charge in [-0.3, -0.25) is 0 Å². The number of hydrogen-bond donors (Lipinski definition) is 3. The Morgan fingerprint density at radius 2 is 2.00 bits per heavy atom. The van der Waals surface area contributed by atoms with Crippen LogP contribution in [0.15, 0.2) is 0 Å². The minimum absolute atomic E-state index is 0.365. The van der Waals surface area contributed by atoms with Crippen molar-refractivity contribution in [2.45, 2.75) is 32.0 Å². The van der Waals surface area contributed by atoms with Crippen LogP contribution in [-0.2, 0) is 4.74 Å². The highest BCUT2D eigenvalue weighted by Gasteiger charge is 2.07. The predicted molar refractivity (Wildman–Crippen MR) is 44.8 cm³/mol. The molecule has 1 atom stereocenters. The molecule has 0 bridgehead atoms. The molecule has 0 radical (unpaired) electrons. The summed E-state index contributed by atoms with van der Waals surface area (Å²) in [6.07, 6.45) is 2.12. The summed E-state index contributed by atoms with van der Waals surface area (Å²) < 4.78 is 5.15. The third kappa shape index (κ3) is 6.54. The van der Waals surface area contributed by atoms with Crippen molar-refractivity contribution in [2.24, 2.45) is 0 Å². The highest BCUT2D eigenvalue weighted by atomic mass is 16.5. The highest BCUT2D eigenvalue weighted by Crippen LogP contribution is 2.09. The van der Waals surface area contributed by atoms with Crippen LogP contribution in [0.25, 0.3) is 0 Å². The number of aliphatic hydroxyl groups excluding tert-OH is 3. The fraction of sp³-hybridized carbons (Fsp3) is 1.00. The second-order valence-electron chi connectivity index (χ2n) is 2.84. The van der Waals surface area contributed by atoms with Crippen LogP contribution in [0.1, 0.15) is 19.8 Å². The van der Waals surface area contributed by atoms with Crippen molar-refractivity contribution < 1.29 is 20.1 Å². The Kier molecular flexibility index (Phi) is 7.39. The zero-order chi connectivity index (χ0) is 9.40. The van der Waals surface area contributed by atoms with Crippen LogP contribution in [0.5, 0.6) is 0 Å². The van der Waals surface area contributed by atoms with E-state index in [4.69, 9.17) is 20.1 Å². The van der Waals surface area contributed by atoms with E-state index in [9.17, 15) is 0 Å². The molecule has 0 saturated carbocycles. The molecule has 1 unspecified atom stereocenters. The van der Waals surface area contributed by atoms with Gasteiger partial charge in [-0.15, -0.1) is 0 Å². The molecule has 74 valence electrons. The van der Waals surface area contributed by atoms with Crippen molar-refractivity contribution in [3.05, 3.63) is 0 Å². The van der Waals surface area contributed by atoms with Crippen LogP contribution >= 0.6 is 0 Å². The Balaban J connectivity index is 0.000000202. The summed E-state index contributed by atoms with van der Waals surface area (Å²) in [5.74, 6) is 0. The smallest absolute Gasteiger partial charge is 0.100 e. The Morgan fingerprint density at radius 1 is 1.42 bits per heavy atom. The quantitative estimate of drug-likeness (QED) is 0.534. The van der Waals surface area contributed by atoms with E-state index < -0.39 is 6.10 Å². The van der Waals surface area contributed by atoms with E-state index in [0.717, 1.165) is 6.61 Å². The molecule has 1 fully saturated rings. The molecule has 0 aromatic heterocycles. The number of ether oxygens (including phenoxy) is 1. The van der Waals surface area contributed by atoms with Gasteiger partial charge in [-0.25, -0.2) is 0 Å². The highest BCUT2D eigenvalue weighted by molar-refractivity contribution is 4.56. The van der Waals surface area contributed by atoms with E-state index in [-0.39, 0.29) is 13.2 Å². The number of rotatable bonds is 2. The maximum Gasteiger partial charge on any atom is 0.100 e. The van der Waals surface area contributed by atoms with Crippen molar-refractivity contribution >= 4 is 0 Å². The van der Waals surface area contributed by atoms with Crippen LogP contribution in [0, 0.1) is 0 Å². The van der Waals surface area contributed by atoms with Gasteiger partial charge in [-0.2, -0.15) is 0 Å². The molecule has 1 aliphatic rings. The molecule has 0 aromatic rings. The van der Waals surface area contributed by atoms with E-state index in [0.29, 0.717) is 6.10 Å². The van der Waals surface area contributed by atoms with Gasteiger partial charge in [0.15, 0.2) is 0 Å². The topological polar surface area (TPSA) is 69.9 Å². The molecule has 0 aromatic carbocycles. The third-order valence-electron chi connectivity index (χ3n) is 1.58. The standard InChI is InChI=1S/C5H10O.C3H8O3/c1-5-3-2-4-6-5;4-1-3(6)2-5/h5H,2-4H2,1H3;3-6H,1-2H2. The van der Waals surface area contributed by atoms with Crippen molar-refractivity contribution in [3.8, 4) is 0 Å². The molecule has 1 heterocycles. The Bertz CT molecular complexity index is 87.1. The molecule has 1 rings (SSSR count). The molecule has 0 amide bonds. The molecule has 4 heteroatoms. The van der Waals surface area contributed by atoms with Gasteiger partial charge in [0.05, 0.1) is 19.3 Å². The minimum Gasteiger partial charge on any atom is -0.394 e. The Hall–Kier alpha value is -0.160. The normalized spacial score (nSPS) is 22.2. The summed E-state index contributed by atoms with van der Waals surface area (Å²) >= 11 is 0. The number of aliphatic hydroxyl groups is 3. The lowest BCUT2D eigenvalue weighted by molar-refractivity contribution is 0.0450. The molecular weight excluding hydrogens is 160 g/mol. The van der Waals surface area contributed by atoms with E-state index in [1.165, 1.54) is 12.8 Å². The van der Waals surface area contributed by atoms with Gasteiger partial charge < -0.3 is 20.1 Å². The minimum atomic E-state index is -0.954. The summed E-state index contributed by atoms with van der Waals surface area (Å²) in [7, 11) is 0. The molecule has 12 heavy (non-hydrogen) atoms. The first-order chi connectivity index (χ1) is 5.70. The SMILES string of the molecule is CC1CCCO1.OCC(O)CO. The number of hydrogen-bond acceptors (Lipinski definition) is 4. The molecule has 0 aliphatic carbocycles. The lowest BCUT2D eigenvalue weighted by atomic mass is 10.3. The largest absolute Gasteiger partial charge is 0.394 e. The molecule has 0 spiro atoms. The summed E-state index contributed by atoms with van der Waals surface area (Å²) in [5.41, 5.74) is 0. The Morgan fingerprint density at radius 3 is 2.08 bits per heavy atom. The zero-order valence-corrected chi connectivity index (χ0v) is 7.44. The van der Waals surface area contributed by atoms with Crippen LogP contribution in [0.4, 0.5) is 0 Å². The molecule has 1 aliphatic heterocycles. The Labute approximate surface area is 72.8 Å². The fourth-order valence-electron chi connectivity index (χ4n) is 0.796. The van der Waals surface area contributed by atoms with E-state index in [2.05, 4.69) is 6.92 Å². The van der Waals surface area contributed by atoms with Crippen molar-refractivity contribution in [3.63, 3.8) is 0 Å². The van der Waals surface area contributed by atoms with Crippen LogP contribution < -0.4 is 0 Å². The maximum absolute atomic E-state index is 8.17. The molecule has 3 N–H and O–H groups in total. The fourth-order valence-corrected chi connectivity index (χ4v) is 0.796. The van der Waals surface area contributed by atoms with Gasteiger partial charge in [0.2, 0.25) is 0 Å². The third-order valence-corrected chi connectivity index (χ3v) is 1.58. The summed E-state index contributed by atoms with van der Waals surface area (Å²) in [4.78, 5) is 0. The second-order valence-corrected chi connectivity index (χ2v) is 2.84. The monoisotopic (exact) mass is 178 g/mol. The lowest BCUT2D eigenvalue weighted by Crippen LogP contribution is -2.15. The molecular formula is C8H18O4. The summed E-state index contributed by atoms with van der Waals surface area (Å²) in [6.45, 7) is 2.38. The van der Waals surface area contributed by atoms with E-state index in [1.54, 1.807) is 0 Å². The van der Waals surface area contributed by atoms with Gasteiger partial charge in [0.1, 0.15) is 6.10 Å². The maximum atomic E-state index is 8.17. The lowest BCUT2D eigenvalue weighted by Gasteiger charge is -1.96. The van der Waals surface area contributed by atoms with Gasteiger partial charge in [-0.1, -0.05) is 0 Å². The van der Waals surface area contributed by atoms with Crippen molar-refractivity contribution in [1.82, 2.24) is 0 Å². The van der Waals surface area contributed by atoms with Gasteiger partial charge in [-0.05, 0) is 19.8 Å². The average Bonchev–Trinajstić information content (AvgIpc) is 2.55. The first kappa shape index (κ1) is 11.8. The average molecular weight is 178 g/mol. The first-order valence-corrected chi connectivity index (χ1v) is 4.22. The zero-order valence-electron chi connectivity index (χ0n) is 7.44. The predicted octanol–water partition coefficient (Wildman–Crippen LogP) is -0.483. The molecule has 4 nitrogen and oxygen atoms in total. The van der Waals surface area contributed by atoms with Crippen molar-refractivity contribution in [2.75, 3.05) is 19.8 Å². The summed E-state index contributed by atoms with van der Waals surface area (Å²) in [5, 5.41) is 24.0. The van der Waals surface area contributed by atoms with Gasteiger partial charge in [0, 0.05) is 6.61 Å². The molecule has 1 saturated heterocycles. The first-order valence-electron chi connectivity index (χ1n) is 4.22. The van der Waals surface area contributed by atoms with E-state index in [1.807, 2.05) is 0 Å². The van der Waals surface area contributed by atoms with Crippen LogP contribution in [0.2, 0.25) is 0 Å². The van der Waals surface area contributed by atoms with Crippen molar-refractivity contribution in [1.29, 1.82) is 0 Å². The van der Waals surface area contributed by atoms with E-state index >= 15 is 0 Å². The van der Waals surface area contributed by atoms with Gasteiger partial charge >= 0.3 is 0 Å². The van der Waals surface area contributed by atoms with Crippen LogP contribution in [0.3, 0.4) is 0 Å².